The standard InChI is InChI=1S/C31H27F3N4O5/c1-42-29(40)20-14-15-38(25(16-20)30(41)43-2)28(39)19-8-11-22(12-9-19)35-27-26(18-6-4-3-5-7-18)36-23-13-10-21(31(32,33)34)17-24(23)37-27/h3-13,17,20,25H,14-16H2,1-2H3,(H,35,37). The first-order chi connectivity index (χ1) is 20.6. The number of rotatable bonds is 6. The topological polar surface area (TPSA) is 111 Å². The zero-order chi connectivity index (χ0) is 30.7. The van der Waals surface area contributed by atoms with Crippen LogP contribution in [-0.2, 0) is 25.2 Å². The summed E-state index contributed by atoms with van der Waals surface area (Å²) in [6.07, 6.45) is -4.11. The minimum absolute atomic E-state index is 0.0630. The summed E-state index contributed by atoms with van der Waals surface area (Å²) in [5, 5.41) is 3.12. The van der Waals surface area contributed by atoms with Crippen LogP contribution in [0.2, 0.25) is 0 Å². The fourth-order valence-corrected chi connectivity index (χ4v) is 5.06. The van der Waals surface area contributed by atoms with Crippen molar-refractivity contribution in [1.29, 1.82) is 0 Å². The lowest BCUT2D eigenvalue weighted by Crippen LogP contribution is -2.51. The van der Waals surface area contributed by atoms with E-state index in [1.807, 2.05) is 30.3 Å². The highest BCUT2D eigenvalue weighted by atomic mass is 19.4. The third-order valence-corrected chi connectivity index (χ3v) is 7.30. The highest BCUT2D eigenvalue weighted by Crippen LogP contribution is 2.34. The number of nitrogens with one attached hydrogen (secondary N) is 1. The van der Waals surface area contributed by atoms with Gasteiger partial charge in [0.05, 0.1) is 36.7 Å². The average Bonchev–Trinajstić information content (AvgIpc) is 3.03. The second-order valence-corrected chi connectivity index (χ2v) is 9.97. The Morgan fingerprint density at radius 3 is 2.23 bits per heavy atom. The molecule has 0 saturated carbocycles. The molecule has 1 fully saturated rings. The number of methoxy groups -OCH3 is 2. The van der Waals surface area contributed by atoms with Crippen molar-refractivity contribution in [3.8, 4) is 11.3 Å². The van der Waals surface area contributed by atoms with E-state index in [1.54, 1.807) is 24.3 Å². The molecule has 0 aliphatic carbocycles. The molecule has 9 nitrogen and oxygen atoms in total. The fourth-order valence-electron chi connectivity index (χ4n) is 5.06. The predicted molar refractivity (Wildman–Crippen MR) is 151 cm³/mol. The zero-order valence-corrected chi connectivity index (χ0v) is 23.2. The Kier molecular flexibility index (Phi) is 8.29. The van der Waals surface area contributed by atoms with Crippen molar-refractivity contribution >= 4 is 40.4 Å². The number of likely N-dealkylation sites (tertiary alicyclic amines) is 1. The zero-order valence-electron chi connectivity index (χ0n) is 23.2. The summed E-state index contributed by atoms with van der Waals surface area (Å²) < 4.78 is 49.8. The Morgan fingerprint density at radius 1 is 0.884 bits per heavy atom. The van der Waals surface area contributed by atoms with Crippen LogP contribution in [0.15, 0.2) is 72.8 Å². The van der Waals surface area contributed by atoms with Gasteiger partial charge in [-0.2, -0.15) is 13.2 Å². The molecule has 0 spiro atoms. The number of benzene rings is 3. The first-order valence-corrected chi connectivity index (χ1v) is 13.4. The molecule has 1 aromatic heterocycles. The van der Waals surface area contributed by atoms with Crippen LogP contribution in [0.3, 0.4) is 0 Å². The third-order valence-electron chi connectivity index (χ3n) is 7.30. The molecule has 1 aliphatic heterocycles. The second kappa shape index (κ2) is 12.1. The summed E-state index contributed by atoms with van der Waals surface area (Å²) in [4.78, 5) is 48.4. The molecule has 222 valence electrons. The number of esters is 2. The van der Waals surface area contributed by atoms with Crippen LogP contribution < -0.4 is 5.32 Å². The van der Waals surface area contributed by atoms with Gasteiger partial charge in [0, 0.05) is 23.4 Å². The minimum atomic E-state index is -4.54. The van der Waals surface area contributed by atoms with Crippen molar-refractivity contribution in [3.63, 3.8) is 0 Å². The number of halogens is 3. The van der Waals surface area contributed by atoms with E-state index in [1.165, 1.54) is 25.2 Å². The van der Waals surface area contributed by atoms with Gasteiger partial charge in [-0.15, -0.1) is 0 Å². The molecule has 2 atom stereocenters. The van der Waals surface area contributed by atoms with Crippen molar-refractivity contribution < 1.29 is 37.0 Å². The lowest BCUT2D eigenvalue weighted by Gasteiger charge is -2.36. The summed E-state index contributed by atoms with van der Waals surface area (Å²) >= 11 is 0. The molecule has 5 rings (SSSR count). The molecule has 0 radical (unpaired) electrons. The van der Waals surface area contributed by atoms with Gasteiger partial charge >= 0.3 is 18.1 Å². The number of fused-ring (bicyclic) bond motifs is 1. The minimum Gasteiger partial charge on any atom is -0.469 e. The van der Waals surface area contributed by atoms with E-state index in [4.69, 9.17) is 9.47 Å². The monoisotopic (exact) mass is 592 g/mol. The smallest absolute Gasteiger partial charge is 0.416 e. The van der Waals surface area contributed by atoms with E-state index in [0.29, 0.717) is 34.4 Å². The maximum Gasteiger partial charge on any atom is 0.416 e. The molecule has 4 aromatic rings. The van der Waals surface area contributed by atoms with Crippen LogP contribution in [0.4, 0.5) is 24.7 Å². The van der Waals surface area contributed by atoms with Gasteiger partial charge in [0.2, 0.25) is 0 Å². The molecule has 43 heavy (non-hydrogen) atoms. The number of anilines is 2. The number of carbonyl (C=O) groups is 3. The largest absolute Gasteiger partial charge is 0.469 e. The van der Waals surface area contributed by atoms with E-state index >= 15 is 0 Å². The first kappa shape index (κ1) is 29.5. The Labute approximate surface area is 244 Å². The van der Waals surface area contributed by atoms with Crippen molar-refractivity contribution in [3.05, 3.63) is 83.9 Å². The Hall–Kier alpha value is -5.00. The number of hydrogen-bond acceptors (Lipinski definition) is 8. The van der Waals surface area contributed by atoms with Crippen LogP contribution in [0.5, 0.6) is 0 Å². The van der Waals surface area contributed by atoms with Crippen molar-refractivity contribution in [2.24, 2.45) is 5.92 Å². The normalized spacial score (nSPS) is 16.9. The molecular formula is C31H27F3N4O5. The lowest BCUT2D eigenvalue weighted by molar-refractivity contribution is -0.153. The molecular weight excluding hydrogens is 565 g/mol. The van der Waals surface area contributed by atoms with Gasteiger partial charge in [-0.1, -0.05) is 30.3 Å². The first-order valence-electron chi connectivity index (χ1n) is 13.4. The highest BCUT2D eigenvalue weighted by Gasteiger charge is 2.40. The number of amides is 1. The maximum atomic E-state index is 13.4. The Bertz CT molecular complexity index is 1660. The van der Waals surface area contributed by atoms with Crippen molar-refractivity contribution in [2.75, 3.05) is 26.1 Å². The molecule has 12 heteroatoms. The number of piperidine rings is 1. The van der Waals surface area contributed by atoms with Crippen LogP contribution in [-0.4, -0.2) is 59.5 Å². The van der Waals surface area contributed by atoms with Crippen molar-refractivity contribution in [2.45, 2.75) is 25.1 Å². The summed E-state index contributed by atoms with van der Waals surface area (Å²) in [6.45, 7) is 0.158. The number of ether oxygens (including phenoxy) is 2. The number of carbonyl (C=O) groups excluding carboxylic acids is 3. The van der Waals surface area contributed by atoms with E-state index in [0.717, 1.165) is 12.1 Å². The van der Waals surface area contributed by atoms with Gasteiger partial charge in [0.15, 0.2) is 5.82 Å². The number of nitrogens with zero attached hydrogens (tertiary/aromatic N) is 3. The SMILES string of the molecule is COC(=O)C1CCN(C(=O)c2ccc(Nc3nc4cc(C(F)(F)F)ccc4nc3-c3ccccc3)cc2)C(C(=O)OC)C1. The molecule has 1 amide bonds. The number of alkyl halides is 3. The summed E-state index contributed by atoms with van der Waals surface area (Å²) in [7, 11) is 2.49. The Balaban J connectivity index is 1.43. The molecule has 1 aliphatic rings. The van der Waals surface area contributed by atoms with E-state index in [2.05, 4.69) is 15.3 Å². The van der Waals surface area contributed by atoms with E-state index in [9.17, 15) is 27.6 Å². The summed E-state index contributed by atoms with van der Waals surface area (Å²) in [6, 6.07) is 17.7. The van der Waals surface area contributed by atoms with Crippen molar-refractivity contribution in [1.82, 2.24) is 14.9 Å². The summed E-state index contributed by atoms with van der Waals surface area (Å²) in [5.41, 5.74) is 1.46. The predicted octanol–water partition coefficient (Wildman–Crippen LogP) is 5.63. The van der Waals surface area contributed by atoms with Gasteiger partial charge in [0.25, 0.3) is 5.91 Å². The molecule has 3 aromatic carbocycles. The van der Waals surface area contributed by atoms with E-state index in [-0.39, 0.29) is 24.3 Å². The van der Waals surface area contributed by atoms with Gasteiger partial charge in [-0.25, -0.2) is 14.8 Å². The quantitative estimate of drug-likeness (QED) is 0.287. The van der Waals surface area contributed by atoms with Gasteiger partial charge in [-0.05, 0) is 55.3 Å². The molecule has 1 N–H and O–H groups in total. The van der Waals surface area contributed by atoms with Crippen LogP contribution in [0.1, 0.15) is 28.8 Å². The lowest BCUT2D eigenvalue weighted by atomic mass is 9.90. The van der Waals surface area contributed by atoms with E-state index < -0.39 is 41.5 Å². The van der Waals surface area contributed by atoms with Crippen LogP contribution in [0, 0.1) is 5.92 Å². The highest BCUT2D eigenvalue weighted by molar-refractivity contribution is 5.97. The average molecular weight is 593 g/mol. The molecule has 2 unspecified atom stereocenters. The van der Waals surface area contributed by atoms with Crippen LogP contribution >= 0.6 is 0 Å². The third kappa shape index (κ3) is 6.27. The number of hydrogen-bond donors (Lipinski definition) is 1. The molecule has 1 saturated heterocycles. The fraction of sp³-hybridized carbons (Fsp3) is 0.258. The molecule has 0 bridgehead atoms. The molecule has 2 heterocycles. The number of aromatic nitrogens is 2. The van der Waals surface area contributed by atoms with Gasteiger partial charge in [-0.3, -0.25) is 9.59 Å². The van der Waals surface area contributed by atoms with Gasteiger partial charge in [0.1, 0.15) is 11.7 Å². The summed E-state index contributed by atoms with van der Waals surface area (Å²) in [5.74, 6) is -1.79. The van der Waals surface area contributed by atoms with Crippen LogP contribution in [0.25, 0.3) is 22.3 Å². The van der Waals surface area contributed by atoms with Gasteiger partial charge < -0.3 is 19.7 Å². The second-order valence-electron chi connectivity index (χ2n) is 9.97. The Morgan fingerprint density at radius 2 is 1.58 bits per heavy atom. The maximum absolute atomic E-state index is 13.4.